The van der Waals surface area contributed by atoms with E-state index in [1.807, 2.05) is 20.8 Å². The van der Waals surface area contributed by atoms with E-state index in [4.69, 9.17) is 25.5 Å². The maximum absolute atomic E-state index is 12.8. The molecule has 1 aromatic carbocycles. The third-order valence-corrected chi connectivity index (χ3v) is 4.59. The number of alkyl carbamates (subject to hydrolysis) is 1. The van der Waals surface area contributed by atoms with Gasteiger partial charge >= 0.3 is 17.7 Å². The Morgan fingerprint density at radius 3 is 2.45 bits per heavy atom. The summed E-state index contributed by atoms with van der Waals surface area (Å²) in [6, 6.07) is 3.56. The minimum absolute atomic E-state index is 0.0516. The number of aryl methyl sites for hydroxylation is 1. The highest BCUT2D eigenvalue weighted by atomic mass is 35.5. The average molecular weight is 452 g/mol. The van der Waals surface area contributed by atoms with Gasteiger partial charge in [-0.05, 0) is 51.2 Å². The predicted octanol–water partition coefficient (Wildman–Crippen LogP) is 5.24. The molecule has 0 radical (unpaired) electrons. The number of hydrogen-bond acceptors (Lipinski definition) is 6. The van der Waals surface area contributed by atoms with Crippen LogP contribution in [-0.2, 0) is 16.0 Å². The molecular weight excluding hydrogens is 422 g/mol. The van der Waals surface area contributed by atoms with Crippen LogP contribution < -0.4 is 15.7 Å². The minimum atomic E-state index is -0.931. The van der Waals surface area contributed by atoms with Crippen molar-refractivity contribution in [2.45, 2.75) is 72.4 Å². The SMILES string of the molecule is CCCc1cc(=O)oc2cc(OC(=O)[C@@H](CC(C)C)NC(=O)OC(C)(C)C)c(Cl)cc12. The van der Waals surface area contributed by atoms with E-state index in [-0.39, 0.29) is 22.3 Å². The number of carbonyl (C=O) groups excluding carboxylic acids is 2. The number of benzene rings is 1. The Balaban J connectivity index is 2.30. The Bertz CT molecular complexity index is 1010. The largest absolute Gasteiger partial charge is 0.444 e. The van der Waals surface area contributed by atoms with Gasteiger partial charge in [0.25, 0.3) is 0 Å². The fourth-order valence-electron chi connectivity index (χ4n) is 3.10. The van der Waals surface area contributed by atoms with Crippen LogP contribution >= 0.6 is 11.6 Å². The van der Waals surface area contributed by atoms with E-state index in [1.165, 1.54) is 12.1 Å². The van der Waals surface area contributed by atoms with Gasteiger partial charge in [0.15, 0.2) is 5.75 Å². The van der Waals surface area contributed by atoms with Gasteiger partial charge in [0, 0.05) is 17.5 Å². The predicted molar refractivity (Wildman–Crippen MR) is 120 cm³/mol. The zero-order chi connectivity index (χ0) is 23.3. The summed E-state index contributed by atoms with van der Waals surface area (Å²) in [6.07, 6.45) is 1.17. The summed E-state index contributed by atoms with van der Waals surface area (Å²) in [6.45, 7) is 11.0. The van der Waals surface area contributed by atoms with E-state index in [1.54, 1.807) is 26.8 Å². The molecule has 0 aliphatic carbocycles. The van der Waals surface area contributed by atoms with Crippen LogP contribution in [0.3, 0.4) is 0 Å². The van der Waals surface area contributed by atoms with Gasteiger partial charge in [-0.2, -0.15) is 0 Å². The normalized spacial score (nSPS) is 12.6. The highest BCUT2D eigenvalue weighted by Crippen LogP contribution is 2.32. The second-order valence-electron chi connectivity index (χ2n) is 8.87. The number of fused-ring (bicyclic) bond motifs is 1. The minimum Gasteiger partial charge on any atom is -0.444 e. The first-order chi connectivity index (χ1) is 14.4. The maximum atomic E-state index is 12.8. The molecule has 1 atom stereocenters. The molecule has 0 unspecified atom stereocenters. The van der Waals surface area contributed by atoms with Crippen LogP contribution in [0.4, 0.5) is 4.79 Å². The number of ether oxygens (including phenoxy) is 2. The molecule has 0 saturated heterocycles. The van der Waals surface area contributed by atoms with Crippen LogP contribution in [-0.4, -0.2) is 23.7 Å². The van der Waals surface area contributed by atoms with Crippen molar-refractivity contribution in [1.82, 2.24) is 5.32 Å². The smallest absolute Gasteiger partial charge is 0.408 e. The number of rotatable bonds is 7. The molecule has 0 spiro atoms. The highest BCUT2D eigenvalue weighted by molar-refractivity contribution is 6.33. The lowest BCUT2D eigenvalue weighted by atomic mass is 10.0. The zero-order valence-corrected chi connectivity index (χ0v) is 19.6. The first kappa shape index (κ1) is 24.7. The number of amides is 1. The van der Waals surface area contributed by atoms with E-state index in [0.717, 1.165) is 12.0 Å². The zero-order valence-electron chi connectivity index (χ0n) is 18.8. The molecule has 8 heteroatoms. The number of hydrogen-bond donors (Lipinski definition) is 1. The molecule has 0 saturated carbocycles. The Morgan fingerprint density at radius 1 is 1.19 bits per heavy atom. The van der Waals surface area contributed by atoms with Gasteiger partial charge in [-0.1, -0.05) is 38.8 Å². The van der Waals surface area contributed by atoms with Crippen molar-refractivity contribution in [2.75, 3.05) is 0 Å². The Morgan fingerprint density at radius 2 is 1.87 bits per heavy atom. The van der Waals surface area contributed by atoms with Gasteiger partial charge in [0.1, 0.15) is 17.2 Å². The van der Waals surface area contributed by atoms with Crippen LogP contribution in [0.1, 0.15) is 59.9 Å². The third kappa shape index (κ3) is 7.28. The van der Waals surface area contributed by atoms with Crippen molar-refractivity contribution in [1.29, 1.82) is 0 Å². The summed E-state index contributed by atoms with van der Waals surface area (Å²) >= 11 is 6.35. The third-order valence-electron chi connectivity index (χ3n) is 4.30. The van der Waals surface area contributed by atoms with Crippen LogP contribution in [0, 0.1) is 5.92 Å². The summed E-state index contributed by atoms with van der Waals surface area (Å²) in [5.41, 5.74) is -0.0903. The van der Waals surface area contributed by atoms with Crippen molar-refractivity contribution in [3.05, 3.63) is 39.2 Å². The first-order valence-electron chi connectivity index (χ1n) is 10.4. The van der Waals surface area contributed by atoms with Crippen molar-refractivity contribution < 1.29 is 23.5 Å². The molecule has 0 aliphatic rings. The van der Waals surface area contributed by atoms with Crippen molar-refractivity contribution >= 4 is 34.6 Å². The summed E-state index contributed by atoms with van der Waals surface area (Å²) in [7, 11) is 0. The van der Waals surface area contributed by atoms with Gasteiger partial charge in [0.05, 0.1) is 5.02 Å². The summed E-state index contributed by atoms with van der Waals surface area (Å²) in [5.74, 6) is -0.530. The molecule has 170 valence electrons. The Hall–Kier alpha value is -2.54. The van der Waals surface area contributed by atoms with E-state index < -0.39 is 29.3 Å². The van der Waals surface area contributed by atoms with Crippen LogP contribution in [0.25, 0.3) is 11.0 Å². The Kier molecular flexibility index (Phi) is 8.12. The molecule has 1 N–H and O–H groups in total. The quantitative estimate of drug-likeness (QED) is 0.351. The second kappa shape index (κ2) is 10.2. The summed E-state index contributed by atoms with van der Waals surface area (Å²) in [5, 5.41) is 3.46. The van der Waals surface area contributed by atoms with Crippen LogP contribution in [0.5, 0.6) is 5.75 Å². The number of carbonyl (C=O) groups is 2. The van der Waals surface area contributed by atoms with Gasteiger partial charge in [-0.15, -0.1) is 0 Å². The molecular formula is C23H30ClNO6. The molecule has 2 aromatic rings. The first-order valence-corrected chi connectivity index (χ1v) is 10.7. The van der Waals surface area contributed by atoms with Crippen LogP contribution in [0.2, 0.25) is 5.02 Å². The van der Waals surface area contributed by atoms with E-state index >= 15 is 0 Å². The van der Waals surface area contributed by atoms with E-state index in [9.17, 15) is 14.4 Å². The Labute approximate surface area is 187 Å². The molecule has 0 bridgehead atoms. The fraction of sp³-hybridized carbons (Fsp3) is 0.522. The van der Waals surface area contributed by atoms with E-state index in [2.05, 4.69) is 5.32 Å². The lowest BCUT2D eigenvalue weighted by Crippen LogP contribution is -2.45. The second-order valence-corrected chi connectivity index (χ2v) is 9.28. The molecule has 1 aromatic heterocycles. The molecule has 7 nitrogen and oxygen atoms in total. The maximum Gasteiger partial charge on any atom is 0.408 e. The van der Waals surface area contributed by atoms with Crippen molar-refractivity contribution in [3.63, 3.8) is 0 Å². The van der Waals surface area contributed by atoms with Gasteiger partial charge < -0.3 is 19.2 Å². The summed E-state index contributed by atoms with van der Waals surface area (Å²) < 4.78 is 16.0. The number of nitrogens with one attached hydrogen (secondary N) is 1. The van der Waals surface area contributed by atoms with Gasteiger partial charge in [-0.3, -0.25) is 0 Å². The standard InChI is InChI=1S/C23H30ClNO6/c1-7-8-14-10-20(26)29-18-12-19(16(24)11-15(14)18)30-21(27)17(9-13(2)3)25-22(28)31-23(4,5)6/h10-13,17H,7-9H2,1-6H3,(H,25,28)/t17-/m1/s1. The fourth-order valence-corrected chi connectivity index (χ4v) is 3.30. The van der Waals surface area contributed by atoms with E-state index in [0.29, 0.717) is 18.2 Å². The molecule has 1 amide bonds. The molecule has 0 aliphatic heterocycles. The number of halogens is 1. The average Bonchev–Trinajstić information content (AvgIpc) is 2.60. The molecule has 1 heterocycles. The van der Waals surface area contributed by atoms with Crippen molar-refractivity contribution in [2.24, 2.45) is 5.92 Å². The highest BCUT2D eigenvalue weighted by Gasteiger charge is 2.27. The number of esters is 1. The van der Waals surface area contributed by atoms with Gasteiger partial charge in [-0.25, -0.2) is 14.4 Å². The topological polar surface area (TPSA) is 94.8 Å². The molecule has 2 rings (SSSR count). The van der Waals surface area contributed by atoms with Crippen molar-refractivity contribution in [3.8, 4) is 5.75 Å². The lowest BCUT2D eigenvalue weighted by molar-refractivity contribution is -0.137. The van der Waals surface area contributed by atoms with Crippen LogP contribution in [0.15, 0.2) is 27.4 Å². The molecule has 31 heavy (non-hydrogen) atoms. The lowest BCUT2D eigenvalue weighted by Gasteiger charge is -2.23. The summed E-state index contributed by atoms with van der Waals surface area (Å²) in [4.78, 5) is 36.9. The molecule has 0 fully saturated rings. The van der Waals surface area contributed by atoms with Gasteiger partial charge in [0.2, 0.25) is 0 Å². The monoisotopic (exact) mass is 451 g/mol.